The Morgan fingerprint density at radius 3 is 3.18 bits per heavy atom. The summed E-state index contributed by atoms with van der Waals surface area (Å²) in [5.74, 6) is 1.26. The molecule has 0 saturated heterocycles. The fourth-order valence-electron chi connectivity index (χ4n) is 1.35. The smallest absolute Gasteiger partial charge is 0.292 e. The monoisotopic (exact) mass is 249 g/mol. The van der Waals surface area contributed by atoms with Gasteiger partial charge in [0.1, 0.15) is 16.6 Å². The molecule has 0 aliphatic rings. The summed E-state index contributed by atoms with van der Waals surface area (Å²) >= 11 is 1.26. The Labute approximate surface area is 98.4 Å². The van der Waals surface area contributed by atoms with Crippen LogP contribution in [0.4, 0.5) is 5.82 Å². The van der Waals surface area contributed by atoms with Gasteiger partial charge in [-0.05, 0) is 6.92 Å². The van der Waals surface area contributed by atoms with E-state index in [4.69, 9.17) is 4.52 Å². The SMILES string of the molecule is Cc1cc(N/C=c2\sc3ncnn3c2=O)no1. The molecule has 0 unspecified atom stereocenters. The van der Waals surface area contributed by atoms with Crippen molar-refractivity contribution in [3.8, 4) is 0 Å². The Bertz CT molecular complexity index is 771. The molecule has 0 bridgehead atoms. The minimum absolute atomic E-state index is 0.199. The molecule has 86 valence electrons. The van der Waals surface area contributed by atoms with Crippen LogP contribution in [0.15, 0.2) is 21.7 Å². The molecule has 0 fully saturated rings. The molecular weight excluding hydrogens is 242 g/mol. The number of rotatable bonds is 2. The first-order valence-electron chi connectivity index (χ1n) is 4.76. The maximum Gasteiger partial charge on any atom is 0.292 e. The molecule has 3 aromatic rings. The minimum Gasteiger partial charge on any atom is -0.360 e. The maximum absolute atomic E-state index is 11.8. The number of fused-ring (bicyclic) bond motifs is 1. The lowest BCUT2D eigenvalue weighted by atomic mass is 10.5. The second kappa shape index (κ2) is 3.67. The van der Waals surface area contributed by atoms with E-state index >= 15 is 0 Å². The Hall–Kier alpha value is -2.22. The number of nitrogens with zero attached hydrogens (tertiary/aromatic N) is 4. The van der Waals surface area contributed by atoms with E-state index in [-0.39, 0.29) is 5.56 Å². The van der Waals surface area contributed by atoms with Crippen LogP contribution in [-0.4, -0.2) is 19.8 Å². The van der Waals surface area contributed by atoms with Crippen LogP contribution in [0.5, 0.6) is 0 Å². The highest BCUT2D eigenvalue weighted by molar-refractivity contribution is 7.15. The normalized spacial score (nSPS) is 12.4. The Morgan fingerprint density at radius 1 is 1.59 bits per heavy atom. The van der Waals surface area contributed by atoms with E-state index in [1.54, 1.807) is 19.2 Å². The molecule has 3 heterocycles. The van der Waals surface area contributed by atoms with E-state index in [0.29, 0.717) is 21.1 Å². The third-order valence-electron chi connectivity index (χ3n) is 2.10. The molecule has 3 aromatic heterocycles. The van der Waals surface area contributed by atoms with Gasteiger partial charge in [-0.15, -0.1) is 0 Å². The van der Waals surface area contributed by atoms with Gasteiger partial charge in [0.25, 0.3) is 5.56 Å². The lowest BCUT2D eigenvalue weighted by molar-refractivity contribution is 0.400. The van der Waals surface area contributed by atoms with E-state index < -0.39 is 0 Å². The molecule has 8 heteroatoms. The topological polar surface area (TPSA) is 85.3 Å². The maximum atomic E-state index is 11.8. The van der Waals surface area contributed by atoms with Gasteiger partial charge in [0.2, 0.25) is 4.96 Å². The van der Waals surface area contributed by atoms with Gasteiger partial charge in [0.05, 0.1) is 0 Å². The summed E-state index contributed by atoms with van der Waals surface area (Å²) in [6, 6.07) is 1.73. The summed E-state index contributed by atoms with van der Waals surface area (Å²) < 4.78 is 6.66. The number of hydrogen-bond donors (Lipinski definition) is 1. The molecule has 0 spiro atoms. The van der Waals surface area contributed by atoms with Crippen LogP contribution in [0.1, 0.15) is 5.76 Å². The van der Waals surface area contributed by atoms with Crippen molar-refractivity contribution in [1.82, 2.24) is 19.8 Å². The van der Waals surface area contributed by atoms with Crippen LogP contribution in [0.25, 0.3) is 11.2 Å². The second-order valence-electron chi connectivity index (χ2n) is 3.34. The highest BCUT2D eigenvalue weighted by Gasteiger charge is 2.04. The first-order valence-corrected chi connectivity index (χ1v) is 5.58. The Kier molecular flexibility index (Phi) is 2.15. The molecule has 0 saturated carbocycles. The highest BCUT2D eigenvalue weighted by atomic mass is 32.1. The summed E-state index contributed by atoms with van der Waals surface area (Å²) in [4.78, 5) is 16.3. The number of hydrogen-bond acceptors (Lipinski definition) is 7. The largest absolute Gasteiger partial charge is 0.360 e. The van der Waals surface area contributed by atoms with Crippen LogP contribution in [0.3, 0.4) is 0 Å². The average Bonchev–Trinajstić information content (AvgIpc) is 2.96. The molecule has 0 aromatic carbocycles. The van der Waals surface area contributed by atoms with Gasteiger partial charge in [-0.25, -0.2) is 4.98 Å². The van der Waals surface area contributed by atoms with Gasteiger partial charge in [0.15, 0.2) is 5.82 Å². The summed E-state index contributed by atoms with van der Waals surface area (Å²) in [5.41, 5.74) is -0.199. The third-order valence-corrected chi connectivity index (χ3v) is 3.07. The second-order valence-corrected chi connectivity index (χ2v) is 4.35. The van der Waals surface area contributed by atoms with Crippen molar-refractivity contribution in [3.05, 3.63) is 33.0 Å². The predicted molar refractivity (Wildman–Crippen MR) is 61.7 cm³/mol. The molecule has 7 nitrogen and oxygen atoms in total. The van der Waals surface area contributed by atoms with Crippen LogP contribution >= 0.6 is 11.3 Å². The average molecular weight is 249 g/mol. The molecule has 0 atom stereocenters. The summed E-state index contributed by atoms with van der Waals surface area (Å²) in [6.45, 7) is 1.79. The van der Waals surface area contributed by atoms with Crippen molar-refractivity contribution in [2.24, 2.45) is 0 Å². The molecule has 3 rings (SSSR count). The molecule has 0 amide bonds. The molecule has 17 heavy (non-hydrogen) atoms. The standard InChI is InChI=1S/C9H7N5O2S/c1-5-2-7(13-16-5)10-3-6-8(15)14-9(17-6)11-4-12-14/h2-4H,1H3,(H,10,13)/b6-3-. The predicted octanol–water partition coefficient (Wildman–Crippen LogP) is 0.0164. The van der Waals surface area contributed by atoms with Gasteiger partial charge >= 0.3 is 0 Å². The first-order chi connectivity index (χ1) is 8.24. The molecule has 0 aliphatic heterocycles. The number of anilines is 1. The summed E-state index contributed by atoms with van der Waals surface area (Å²) in [5, 5.41) is 10.5. The molecule has 1 N–H and O–H groups in total. The van der Waals surface area contributed by atoms with Gasteiger partial charge in [0, 0.05) is 12.3 Å². The third kappa shape index (κ3) is 1.68. The van der Waals surface area contributed by atoms with Crippen LogP contribution < -0.4 is 15.4 Å². The van der Waals surface area contributed by atoms with Crippen molar-refractivity contribution < 1.29 is 4.52 Å². The zero-order valence-corrected chi connectivity index (χ0v) is 9.56. The fourth-order valence-corrected chi connectivity index (χ4v) is 2.16. The number of nitrogens with one attached hydrogen (secondary N) is 1. The van der Waals surface area contributed by atoms with Crippen molar-refractivity contribution >= 4 is 28.3 Å². The highest BCUT2D eigenvalue weighted by Crippen LogP contribution is 2.06. The van der Waals surface area contributed by atoms with Crippen molar-refractivity contribution in [3.63, 3.8) is 0 Å². The van der Waals surface area contributed by atoms with Crippen LogP contribution in [0.2, 0.25) is 0 Å². The van der Waals surface area contributed by atoms with Crippen molar-refractivity contribution in [1.29, 1.82) is 0 Å². The quantitative estimate of drug-likeness (QED) is 0.689. The van der Waals surface area contributed by atoms with E-state index in [0.717, 1.165) is 0 Å². The number of aromatic nitrogens is 4. The van der Waals surface area contributed by atoms with Gasteiger partial charge in [-0.3, -0.25) is 4.79 Å². The minimum atomic E-state index is -0.199. The molecule has 0 radical (unpaired) electrons. The van der Waals surface area contributed by atoms with Gasteiger partial charge < -0.3 is 9.84 Å². The fraction of sp³-hybridized carbons (Fsp3) is 0.111. The van der Waals surface area contributed by atoms with Gasteiger partial charge in [-0.1, -0.05) is 16.5 Å². The Morgan fingerprint density at radius 2 is 2.47 bits per heavy atom. The molecule has 0 aliphatic carbocycles. The van der Waals surface area contributed by atoms with Crippen LogP contribution in [-0.2, 0) is 0 Å². The Balaban J connectivity index is 2.00. The van der Waals surface area contributed by atoms with E-state index in [2.05, 4.69) is 20.6 Å². The van der Waals surface area contributed by atoms with E-state index in [9.17, 15) is 4.79 Å². The zero-order chi connectivity index (χ0) is 11.8. The lowest BCUT2D eigenvalue weighted by Crippen LogP contribution is -2.24. The number of thiazole rings is 1. The van der Waals surface area contributed by atoms with Crippen molar-refractivity contribution in [2.75, 3.05) is 5.32 Å². The van der Waals surface area contributed by atoms with Gasteiger partial charge in [-0.2, -0.15) is 9.61 Å². The first kappa shape index (κ1) is 9.97. The lowest BCUT2D eigenvalue weighted by Gasteiger charge is -1.87. The van der Waals surface area contributed by atoms with Crippen LogP contribution in [0, 0.1) is 6.92 Å². The van der Waals surface area contributed by atoms with E-state index in [1.807, 2.05) is 0 Å². The van der Waals surface area contributed by atoms with E-state index in [1.165, 1.54) is 22.2 Å². The van der Waals surface area contributed by atoms with Crippen molar-refractivity contribution in [2.45, 2.75) is 6.92 Å². The number of aryl methyl sites for hydroxylation is 1. The summed E-state index contributed by atoms with van der Waals surface area (Å²) in [6.07, 6.45) is 2.92. The zero-order valence-electron chi connectivity index (χ0n) is 8.75. The molecular formula is C9H7N5O2S. The summed E-state index contributed by atoms with van der Waals surface area (Å²) in [7, 11) is 0.